The number of hydrogen-bond donors (Lipinski definition) is 0. The van der Waals surface area contributed by atoms with Crippen LogP contribution < -0.4 is 0 Å². The summed E-state index contributed by atoms with van der Waals surface area (Å²) in [4.78, 5) is 14.4. The molecule has 0 N–H and O–H groups in total. The fourth-order valence-electron chi connectivity index (χ4n) is 2.94. The molecule has 2 rings (SSSR count). The summed E-state index contributed by atoms with van der Waals surface area (Å²) in [6.45, 7) is 1.98. The maximum Gasteiger partial charge on any atom is 0.225 e. The Bertz CT molecular complexity index is 236. The number of likely N-dealkylation sites (tertiary alicyclic amines) is 1. The number of amides is 1. The van der Waals surface area contributed by atoms with Gasteiger partial charge in [-0.05, 0) is 25.2 Å². The zero-order valence-electron chi connectivity index (χ0n) is 9.96. The van der Waals surface area contributed by atoms with Crippen molar-refractivity contribution in [1.29, 1.82) is 0 Å². The van der Waals surface area contributed by atoms with Gasteiger partial charge in [-0.2, -0.15) is 0 Å². The van der Waals surface area contributed by atoms with E-state index >= 15 is 0 Å². The van der Waals surface area contributed by atoms with Crippen LogP contribution in [0.25, 0.3) is 0 Å². The molecule has 0 aromatic carbocycles. The van der Waals surface area contributed by atoms with E-state index in [0.717, 1.165) is 31.3 Å². The minimum absolute atomic E-state index is 0.344. The van der Waals surface area contributed by atoms with Crippen LogP contribution in [0, 0.1) is 11.8 Å². The Kier molecular flexibility index (Phi) is 4.68. The van der Waals surface area contributed by atoms with E-state index in [2.05, 4.69) is 20.8 Å². The molecule has 0 spiro atoms. The van der Waals surface area contributed by atoms with Gasteiger partial charge in [-0.3, -0.25) is 4.79 Å². The lowest BCUT2D eigenvalue weighted by Gasteiger charge is -2.22. The van der Waals surface area contributed by atoms with Crippen LogP contribution in [-0.4, -0.2) is 29.2 Å². The minimum atomic E-state index is 0.344. The monoisotopic (exact) mass is 287 g/mol. The number of carbonyl (C=O) groups is 1. The first-order chi connectivity index (χ1) is 7.81. The fraction of sp³-hybridized carbons (Fsp3) is 0.923. The molecule has 1 heterocycles. The van der Waals surface area contributed by atoms with E-state index in [9.17, 15) is 4.79 Å². The van der Waals surface area contributed by atoms with Crippen molar-refractivity contribution in [3.63, 3.8) is 0 Å². The van der Waals surface area contributed by atoms with Crippen LogP contribution in [0.5, 0.6) is 0 Å². The van der Waals surface area contributed by atoms with E-state index in [-0.39, 0.29) is 0 Å². The first-order valence-corrected chi connectivity index (χ1v) is 7.78. The molecule has 0 bridgehead atoms. The first kappa shape index (κ1) is 12.4. The van der Waals surface area contributed by atoms with E-state index in [1.807, 2.05) is 0 Å². The highest BCUT2D eigenvalue weighted by molar-refractivity contribution is 9.09. The molecule has 92 valence electrons. The summed E-state index contributed by atoms with van der Waals surface area (Å²) >= 11 is 3.52. The van der Waals surface area contributed by atoms with Crippen molar-refractivity contribution < 1.29 is 4.79 Å². The van der Waals surface area contributed by atoms with Crippen molar-refractivity contribution in [3.05, 3.63) is 0 Å². The van der Waals surface area contributed by atoms with Crippen molar-refractivity contribution in [2.45, 2.75) is 44.9 Å². The number of rotatable bonds is 2. The third-order valence-electron chi connectivity index (χ3n) is 4.02. The molecule has 1 unspecified atom stereocenters. The average molecular weight is 288 g/mol. The van der Waals surface area contributed by atoms with Gasteiger partial charge in [0.25, 0.3) is 0 Å². The number of halogens is 1. The normalized spacial score (nSPS) is 28.1. The van der Waals surface area contributed by atoms with Gasteiger partial charge in [0.15, 0.2) is 0 Å². The molecule has 2 aliphatic rings. The van der Waals surface area contributed by atoms with E-state index in [1.54, 1.807) is 0 Å². The first-order valence-electron chi connectivity index (χ1n) is 6.66. The highest BCUT2D eigenvalue weighted by atomic mass is 79.9. The Labute approximate surface area is 107 Å². The second kappa shape index (κ2) is 6.04. The van der Waals surface area contributed by atoms with Crippen molar-refractivity contribution >= 4 is 21.8 Å². The van der Waals surface area contributed by atoms with E-state index in [0.29, 0.717) is 17.7 Å². The number of carbonyl (C=O) groups excluding carboxylic acids is 1. The van der Waals surface area contributed by atoms with Gasteiger partial charge in [0.1, 0.15) is 0 Å². The van der Waals surface area contributed by atoms with Gasteiger partial charge in [-0.15, -0.1) is 0 Å². The summed E-state index contributed by atoms with van der Waals surface area (Å²) in [5.74, 6) is 1.48. The number of hydrogen-bond acceptors (Lipinski definition) is 1. The second-order valence-electron chi connectivity index (χ2n) is 5.28. The van der Waals surface area contributed by atoms with E-state index in [1.165, 1.54) is 32.1 Å². The summed E-state index contributed by atoms with van der Waals surface area (Å²) < 4.78 is 0. The molecule has 0 aromatic rings. The molecular formula is C13H22BrNO. The summed E-state index contributed by atoms with van der Waals surface area (Å²) in [5.41, 5.74) is 0. The molecule has 1 saturated carbocycles. The highest BCUT2D eigenvalue weighted by Gasteiger charge is 2.30. The molecule has 1 aliphatic carbocycles. The fourth-order valence-corrected chi connectivity index (χ4v) is 3.47. The predicted molar refractivity (Wildman–Crippen MR) is 69.7 cm³/mol. The third kappa shape index (κ3) is 2.99. The molecule has 2 fully saturated rings. The predicted octanol–water partition coefficient (Wildman–Crippen LogP) is 3.20. The van der Waals surface area contributed by atoms with Crippen LogP contribution in [0.1, 0.15) is 44.9 Å². The molecule has 0 radical (unpaired) electrons. The summed E-state index contributed by atoms with van der Waals surface area (Å²) in [7, 11) is 0. The number of nitrogens with zero attached hydrogens (tertiary/aromatic N) is 1. The molecule has 2 nitrogen and oxygen atoms in total. The molecular weight excluding hydrogens is 266 g/mol. The standard InChI is InChI=1S/C13H22BrNO/c14-9-11-7-8-15(10-11)13(16)12-5-3-1-2-4-6-12/h11-12H,1-10H2. The molecule has 0 aromatic heterocycles. The maximum atomic E-state index is 12.3. The summed E-state index contributed by atoms with van der Waals surface area (Å²) in [5, 5.41) is 1.04. The van der Waals surface area contributed by atoms with Crippen LogP contribution >= 0.6 is 15.9 Å². The van der Waals surface area contributed by atoms with Crippen LogP contribution in [-0.2, 0) is 4.79 Å². The van der Waals surface area contributed by atoms with Gasteiger partial charge in [-0.1, -0.05) is 41.6 Å². The van der Waals surface area contributed by atoms with Gasteiger partial charge in [-0.25, -0.2) is 0 Å². The Balaban J connectivity index is 1.86. The zero-order valence-corrected chi connectivity index (χ0v) is 11.5. The quantitative estimate of drug-likeness (QED) is 0.564. The molecule has 1 saturated heterocycles. The van der Waals surface area contributed by atoms with Gasteiger partial charge in [0, 0.05) is 24.3 Å². The van der Waals surface area contributed by atoms with Crippen molar-refractivity contribution in [2.75, 3.05) is 18.4 Å². The molecule has 1 aliphatic heterocycles. The summed E-state index contributed by atoms with van der Waals surface area (Å²) in [6.07, 6.45) is 8.62. The van der Waals surface area contributed by atoms with Gasteiger partial charge in [0.05, 0.1) is 0 Å². The van der Waals surface area contributed by atoms with Crippen LogP contribution in [0.15, 0.2) is 0 Å². The van der Waals surface area contributed by atoms with E-state index in [4.69, 9.17) is 0 Å². The van der Waals surface area contributed by atoms with Gasteiger partial charge < -0.3 is 4.90 Å². The zero-order chi connectivity index (χ0) is 11.4. The lowest BCUT2D eigenvalue weighted by Crippen LogP contribution is -2.34. The lowest BCUT2D eigenvalue weighted by atomic mass is 9.99. The largest absolute Gasteiger partial charge is 0.342 e. The minimum Gasteiger partial charge on any atom is -0.342 e. The maximum absolute atomic E-state index is 12.3. The van der Waals surface area contributed by atoms with Crippen molar-refractivity contribution in [3.8, 4) is 0 Å². The Morgan fingerprint density at radius 2 is 1.81 bits per heavy atom. The van der Waals surface area contributed by atoms with Crippen molar-refractivity contribution in [1.82, 2.24) is 4.90 Å². The number of alkyl halides is 1. The molecule has 1 atom stereocenters. The van der Waals surface area contributed by atoms with Crippen LogP contribution in [0.3, 0.4) is 0 Å². The average Bonchev–Trinajstić information content (AvgIpc) is 2.62. The molecule has 3 heteroatoms. The summed E-state index contributed by atoms with van der Waals surface area (Å²) in [6, 6.07) is 0. The Morgan fingerprint density at radius 3 is 2.38 bits per heavy atom. The third-order valence-corrected chi connectivity index (χ3v) is 4.94. The molecule has 1 amide bonds. The SMILES string of the molecule is O=C(C1CCCCCC1)N1CCC(CBr)C1. The van der Waals surface area contributed by atoms with Gasteiger partial charge in [0.2, 0.25) is 5.91 Å². The van der Waals surface area contributed by atoms with Crippen molar-refractivity contribution in [2.24, 2.45) is 11.8 Å². The van der Waals surface area contributed by atoms with Gasteiger partial charge >= 0.3 is 0 Å². The van der Waals surface area contributed by atoms with E-state index < -0.39 is 0 Å². The highest BCUT2D eigenvalue weighted by Crippen LogP contribution is 2.27. The topological polar surface area (TPSA) is 20.3 Å². The van der Waals surface area contributed by atoms with Crippen LogP contribution in [0.2, 0.25) is 0 Å². The van der Waals surface area contributed by atoms with Crippen LogP contribution in [0.4, 0.5) is 0 Å². The second-order valence-corrected chi connectivity index (χ2v) is 5.93. The smallest absolute Gasteiger partial charge is 0.225 e. The Hall–Kier alpha value is -0.0500. The molecule has 16 heavy (non-hydrogen) atoms. The lowest BCUT2D eigenvalue weighted by molar-refractivity contribution is -0.135. The Morgan fingerprint density at radius 1 is 1.12 bits per heavy atom.